The van der Waals surface area contributed by atoms with Crippen LogP contribution >= 0.6 is 11.8 Å². The van der Waals surface area contributed by atoms with Crippen LogP contribution in [-0.4, -0.2) is 69.7 Å². The molecular weight excluding hydrogens is 338 g/mol. The van der Waals surface area contributed by atoms with E-state index in [9.17, 15) is 9.59 Å². The van der Waals surface area contributed by atoms with Crippen LogP contribution in [0.25, 0.3) is 0 Å². The van der Waals surface area contributed by atoms with Crippen LogP contribution in [0, 0.1) is 5.41 Å². The Kier molecular flexibility index (Phi) is 6.51. The Morgan fingerprint density at radius 2 is 2.12 bits per heavy atom. The lowest BCUT2D eigenvalue weighted by Crippen LogP contribution is -2.45. The molecule has 2 rings (SSSR count). The smallest absolute Gasteiger partial charge is 0.248 e. The molecule has 0 aromatic carbocycles. The Labute approximate surface area is 154 Å². The molecule has 1 fully saturated rings. The molecule has 0 aliphatic carbocycles. The summed E-state index contributed by atoms with van der Waals surface area (Å²) in [5.74, 6) is 1.12. The molecule has 140 valence electrons. The maximum absolute atomic E-state index is 12.6. The van der Waals surface area contributed by atoms with Crippen LogP contribution in [0.4, 0.5) is 5.69 Å². The van der Waals surface area contributed by atoms with Gasteiger partial charge in [-0.15, -0.1) is 11.8 Å². The maximum Gasteiger partial charge on any atom is 0.248 e. The minimum absolute atomic E-state index is 0.0410. The highest BCUT2D eigenvalue weighted by Gasteiger charge is 2.35. The number of carbonyl (C=O) groups excluding carboxylic acids is 2. The third kappa shape index (κ3) is 6.04. The van der Waals surface area contributed by atoms with Crippen LogP contribution in [0.15, 0.2) is 12.4 Å². The number of rotatable bonds is 6. The summed E-state index contributed by atoms with van der Waals surface area (Å²) in [6.07, 6.45) is 3.92. The first-order valence-electron chi connectivity index (χ1n) is 8.51. The second kappa shape index (κ2) is 8.23. The Balaban J connectivity index is 1.94. The molecule has 2 amide bonds. The topological polar surface area (TPSA) is 70.5 Å². The van der Waals surface area contributed by atoms with Gasteiger partial charge in [0.1, 0.15) is 6.04 Å². The van der Waals surface area contributed by atoms with Gasteiger partial charge in [0.2, 0.25) is 11.8 Å². The number of likely N-dealkylation sites (N-methyl/N-ethyl adjacent to an activating group) is 1. The summed E-state index contributed by atoms with van der Waals surface area (Å²) in [6.45, 7) is 7.74. The third-order valence-corrected chi connectivity index (χ3v) is 4.88. The molecule has 0 spiro atoms. The molecule has 2 heterocycles. The average Bonchev–Trinajstić information content (AvgIpc) is 3.12. The fourth-order valence-corrected chi connectivity index (χ4v) is 3.72. The number of anilines is 1. The van der Waals surface area contributed by atoms with E-state index in [4.69, 9.17) is 0 Å². The zero-order chi connectivity index (χ0) is 18.6. The van der Waals surface area contributed by atoms with Gasteiger partial charge >= 0.3 is 0 Å². The molecule has 1 aromatic heterocycles. The monoisotopic (exact) mass is 367 g/mol. The van der Waals surface area contributed by atoms with Crippen LogP contribution < -0.4 is 5.32 Å². The summed E-state index contributed by atoms with van der Waals surface area (Å²) in [6, 6.07) is -0.412. The average molecular weight is 368 g/mol. The molecule has 1 atom stereocenters. The SMILES string of the molecule is CN(C)CCn1cc(NC(=O)C2CSCN2C(=O)CC(C)(C)C)cn1. The summed E-state index contributed by atoms with van der Waals surface area (Å²) >= 11 is 1.62. The number of carbonyl (C=O) groups is 2. The molecule has 1 aromatic rings. The van der Waals surface area contributed by atoms with E-state index in [1.165, 1.54) is 0 Å². The van der Waals surface area contributed by atoms with Crippen molar-refractivity contribution in [3.8, 4) is 0 Å². The van der Waals surface area contributed by atoms with Crippen molar-refractivity contribution < 1.29 is 9.59 Å². The molecule has 1 N–H and O–H groups in total. The molecule has 25 heavy (non-hydrogen) atoms. The van der Waals surface area contributed by atoms with E-state index in [0.29, 0.717) is 23.7 Å². The van der Waals surface area contributed by atoms with E-state index in [0.717, 1.165) is 13.1 Å². The van der Waals surface area contributed by atoms with Gasteiger partial charge in [-0.2, -0.15) is 5.10 Å². The Morgan fingerprint density at radius 1 is 1.40 bits per heavy atom. The lowest BCUT2D eigenvalue weighted by molar-refractivity contribution is -0.137. The van der Waals surface area contributed by atoms with Gasteiger partial charge in [-0.1, -0.05) is 20.8 Å². The summed E-state index contributed by atoms with van der Waals surface area (Å²) in [4.78, 5) is 28.9. The normalized spacial score (nSPS) is 18.0. The lowest BCUT2D eigenvalue weighted by atomic mass is 9.91. The summed E-state index contributed by atoms with van der Waals surface area (Å²) in [7, 11) is 4.01. The quantitative estimate of drug-likeness (QED) is 0.829. The van der Waals surface area contributed by atoms with Crippen molar-refractivity contribution in [1.29, 1.82) is 0 Å². The fourth-order valence-electron chi connectivity index (χ4n) is 2.54. The molecule has 1 saturated heterocycles. The molecular formula is C17H29N5O2S. The van der Waals surface area contributed by atoms with Gasteiger partial charge in [-0.05, 0) is 19.5 Å². The fraction of sp³-hybridized carbons (Fsp3) is 0.706. The minimum Gasteiger partial charge on any atom is -0.322 e. The molecule has 7 nitrogen and oxygen atoms in total. The Morgan fingerprint density at radius 3 is 2.76 bits per heavy atom. The lowest BCUT2D eigenvalue weighted by Gasteiger charge is -2.26. The minimum atomic E-state index is -0.412. The second-order valence-corrected chi connectivity index (χ2v) is 8.90. The number of thioether (sulfide) groups is 1. The number of amides is 2. The van der Waals surface area contributed by atoms with Gasteiger partial charge < -0.3 is 15.1 Å². The number of nitrogens with zero attached hydrogens (tertiary/aromatic N) is 4. The predicted molar refractivity (Wildman–Crippen MR) is 101 cm³/mol. The van der Waals surface area contributed by atoms with Gasteiger partial charge in [0.05, 0.1) is 24.3 Å². The highest BCUT2D eigenvalue weighted by atomic mass is 32.2. The summed E-state index contributed by atoms with van der Waals surface area (Å²) in [5, 5.41) is 7.16. The molecule has 0 bridgehead atoms. The van der Waals surface area contributed by atoms with E-state index >= 15 is 0 Å². The van der Waals surface area contributed by atoms with E-state index in [1.54, 1.807) is 22.9 Å². The van der Waals surface area contributed by atoms with Gasteiger partial charge in [0, 0.05) is 24.9 Å². The number of hydrogen-bond acceptors (Lipinski definition) is 5. The van der Waals surface area contributed by atoms with Gasteiger partial charge in [0.15, 0.2) is 0 Å². The van der Waals surface area contributed by atoms with E-state index in [2.05, 4.69) is 15.3 Å². The van der Waals surface area contributed by atoms with Crippen molar-refractivity contribution in [3.05, 3.63) is 12.4 Å². The van der Waals surface area contributed by atoms with Crippen LogP contribution in [0.3, 0.4) is 0 Å². The maximum atomic E-state index is 12.6. The zero-order valence-electron chi connectivity index (χ0n) is 15.8. The van der Waals surface area contributed by atoms with Crippen molar-refractivity contribution in [2.45, 2.75) is 39.8 Å². The van der Waals surface area contributed by atoms with Crippen molar-refractivity contribution in [2.24, 2.45) is 5.41 Å². The summed E-state index contributed by atoms with van der Waals surface area (Å²) < 4.78 is 1.81. The Hall–Kier alpha value is -1.54. The van der Waals surface area contributed by atoms with Crippen LogP contribution in [0.2, 0.25) is 0 Å². The van der Waals surface area contributed by atoms with E-state index < -0.39 is 6.04 Å². The van der Waals surface area contributed by atoms with Crippen molar-refractivity contribution in [1.82, 2.24) is 19.6 Å². The highest BCUT2D eigenvalue weighted by molar-refractivity contribution is 7.99. The van der Waals surface area contributed by atoms with Crippen molar-refractivity contribution in [3.63, 3.8) is 0 Å². The standard InChI is InChI=1S/C17H29N5O2S/c1-17(2,3)8-15(23)22-12-25-11-14(22)16(24)19-13-9-18-21(10-13)7-6-20(4)5/h9-10,14H,6-8,11-12H2,1-5H3,(H,19,24). The largest absolute Gasteiger partial charge is 0.322 e. The summed E-state index contributed by atoms with van der Waals surface area (Å²) in [5.41, 5.74) is 0.586. The second-order valence-electron chi connectivity index (χ2n) is 7.90. The van der Waals surface area contributed by atoms with E-state index in [-0.39, 0.29) is 17.2 Å². The van der Waals surface area contributed by atoms with Crippen LogP contribution in [0.1, 0.15) is 27.2 Å². The first-order chi connectivity index (χ1) is 11.7. The first-order valence-corrected chi connectivity index (χ1v) is 9.66. The van der Waals surface area contributed by atoms with Gasteiger partial charge in [0.25, 0.3) is 0 Å². The molecule has 1 aliphatic heterocycles. The van der Waals surface area contributed by atoms with Gasteiger partial charge in [-0.3, -0.25) is 14.3 Å². The molecule has 8 heteroatoms. The molecule has 1 unspecified atom stereocenters. The molecule has 0 radical (unpaired) electrons. The van der Waals surface area contributed by atoms with E-state index in [1.807, 2.05) is 45.7 Å². The number of hydrogen-bond donors (Lipinski definition) is 1. The highest BCUT2D eigenvalue weighted by Crippen LogP contribution is 2.27. The van der Waals surface area contributed by atoms with Crippen LogP contribution in [-0.2, 0) is 16.1 Å². The van der Waals surface area contributed by atoms with Crippen molar-refractivity contribution in [2.75, 3.05) is 37.6 Å². The molecule has 1 aliphatic rings. The predicted octanol–water partition coefficient (Wildman–Crippen LogP) is 1.72. The van der Waals surface area contributed by atoms with Crippen LogP contribution in [0.5, 0.6) is 0 Å². The zero-order valence-corrected chi connectivity index (χ0v) is 16.6. The molecule has 0 saturated carbocycles. The number of nitrogens with one attached hydrogen (secondary N) is 1. The Bertz CT molecular complexity index is 608. The third-order valence-electron chi connectivity index (χ3n) is 3.86. The van der Waals surface area contributed by atoms with Gasteiger partial charge in [-0.25, -0.2) is 0 Å². The van der Waals surface area contributed by atoms with Crippen molar-refractivity contribution >= 4 is 29.3 Å². The number of aromatic nitrogens is 2. The first kappa shape index (κ1) is 19.8.